The van der Waals surface area contributed by atoms with E-state index in [4.69, 9.17) is 10.00 Å². The molecular weight excluding hydrogens is 252 g/mol. The lowest BCUT2D eigenvalue weighted by Crippen LogP contribution is -2.11. The van der Waals surface area contributed by atoms with Gasteiger partial charge in [-0.05, 0) is 43.3 Å². The number of anilines is 1. The van der Waals surface area contributed by atoms with Crippen LogP contribution in [-0.2, 0) is 0 Å². The van der Waals surface area contributed by atoms with Gasteiger partial charge in [-0.15, -0.1) is 0 Å². The van der Waals surface area contributed by atoms with Crippen LogP contribution < -0.4 is 10.1 Å². The Balaban J connectivity index is 2.03. The highest BCUT2D eigenvalue weighted by Crippen LogP contribution is 2.16. The first-order valence-electron chi connectivity index (χ1n) is 6.17. The number of benzene rings is 2. The van der Waals surface area contributed by atoms with Gasteiger partial charge >= 0.3 is 0 Å². The number of hydrogen-bond donors (Lipinski definition) is 1. The standard InChI is InChI=1S/C16H14N2O2/c1-12-3-2-4-13(11-12)16(19)18-14-5-7-15(8-6-14)20-10-9-17/h2-8,11H,10H2,1H3,(H,18,19). The van der Waals surface area contributed by atoms with Crippen LogP contribution in [0.3, 0.4) is 0 Å². The Labute approximate surface area is 117 Å². The summed E-state index contributed by atoms with van der Waals surface area (Å²) in [6.45, 7) is 1.95. The molecule has 2 aromatic rings. The number of amides is 1. The van der Waals surface area contributed by atoms with Gasteiger partial charge in [0.25, 0.3) is 5.91 Å². The molecule has 20 heavy (non-hydrogen) atoms. The second-order valence-electron chi connectivity index (χ2n) is 4.29. The molecule has 0 unspecified atom stereocenters. The zero-order chi connectivity index (χ0) is 14.4. The number of nitrogens with one attached hydrogen (secondary N) is 1. The van der Waals surface area contributed by atoms with Crippen LogP contribution in [0.25, 0.3) is 0 Å². The summed E-state index contributed by atoms with van der Waals surface area (Å²) in [7, 11) is 0. The molecule has 1 amide bonds. The van der Waals surface area contributed by atoms with Gasteiger partial charge in [0.15, 0.2) is 6.61 Å². The van der Waals surface area contributed by atoms with Gasteiger partial charge in [-0.2, -0.15) is 5.26 Å². The molecule has 0 heterocycles. The Bertz CT molecular complexity index is 642. The van der Waals surface area contributed by atoms with Gasteiger partial charge in [0.1, 0.15) is 11.8 Å². The molecule has 0 bridgehead atoms. The molecule has 0 radical (unpaired) electrons. The molecule has 0 aromatic heterocycles. The zero-order valence-corrected chi connectivity index (χ0v) is 11.1. The third-order valence-corrected chi connectivity index (χ3v) is 2.70. The highest BCUT2D eigenvalue weighted by molar-refractivity contribution is 6.04. The Morgan fingerprint density at radius 3 is 2.65 bits per heavy atom. The van der Waals surface area contributed by atoms with Crippen LogP contribution in [-0.4, -0.2) is 12.5 Å². The minimum atomic E-state index is -0.153. The van der Waals surface area contributed by atoms with Crippen molar-refractivity contribution < 1.29 is 9.53 Å². The summed E-state index contributed by atoms with van der Waals surface area (Å²) in [5, 5.41) is 11.2. The number of carbonyl (C=O) groups is 1. The first-order chi connectivity index (χ1) is 9.69. The van der Waals surface area contributed by atoms with Gasteiger partial charge < -0.3 is 10.1 Å². The highest BCUT2D eigenvalue weighted by Gasteiger charge is 2.06. The van der Waals surface area contributed by atoms with Crippen molar-refractivity contribution in [1.29, 1.82) is 5.26 Å². The molecule has 0 aliphatic heterocycles. The van der Waals surface area contributed by atoms with Crippen molar-refractivity contribution >= 4 is 11.6 Å². The SMILES string of the molecule is Cc1cccc(C(=O)Nc2ccc(OCC#N)cc2)c1. The van der Waals surface area contributed by atoms with Gasteiger partial charge in [0, 0.05) is 11.3 Å². The zero-order valence-electron chi connectivity index (χ0n) is 11.1. The number of nitrogens with zero attached hydrogens (tertiary/aromatic N) is 1. The van der Waals surface area contributed by atoms with Crippen molar-refractivity contribution in [3.05, 3.63) is 59.7 Å². The van der Waals surface area contributed by atoms with E-state index in [0.717, 1.165) is 5.56 Å². The number of aryl methyl sites for hydroxylation is 1. The summed E-state index contributed by atoms with van der Waals surface area (Å²) in [4.78, 5) is 12.0. The van der Waals surface area contributed by atoms with Gasteiger partial charge in [0.05, 0.1) is 0 Å². The van der Waals surface area contributed by atoms with E-state index in [2.05, 4.69) is 5.32 Å². The monoisotopic (exact) mass is 266 g/mol. The molecule has 0 atom stereocenters. The van der Waals surface area contributed by atoms with Crippen molar-refractivity contribution in [3.63, 3.8) is 0 Å². The average molecular weight is 266 g/mol. The number of carbonyl (C=O) groups excluding carboxylic acids is 1. The fourth-order valence-electron chi connectivity index (χ4n) is 1.74. The van der Waals surface area contributed by atoms with Gasteiger partial charge in [0.2, 0.25) is 0 Å². The largest absolute Gasteiger partial charge is 0.479 e. The van der Waals surface area contributed by atoms with Gasteiger partial charge in [-0.1, -0.05) is 17.7 Å². The summed E-state index contributed by atoms with van der Waals surface area (Å²) in [6.07, 6.45) is 0. The molecule has 2 aromatic carbocycles. The molecule has 4 nitrogen and oxygen atoms in total. The lowest BCUT2D eigenvalue weighted by atomic mass is 10.1. The first kappa shape index (κ1) is 13.6. The van der Waals surface area contributed by atoms with E-state index < -0.39 is 0 Å². The molecule has 1 N–H and O–H groups in total. The first-order valence-corrected chi connectivity index (χ1v) is 6.17. The Kier molecular flexibility index (Phi) is 4.35. The van der Waals surface area contributed by atoms with Crippen LogP contribution in [0.5, 0.6) is 5.75 Å². The number of ether oxygens (including phenoxy) is 1. The number of rotatable bonds is 4. The van der Waals surface area contributed by atoms with E-state index in [0.29, 0.717) is 17.0 Å². The fraction of sp³-hybridized carbons (Fsp3) is 0.125. The molecule has 0 fully saturated rings. The predicted octanol–water partition coefficient (Wildman–Crippen LogP) is 3.15. The summed E-state index contributed by atoms with van der Waals surface area (Å²) < 4.78 is 5.14. The summed E-state index contributed by atoms with van der Waals surface area (Å²) in [5.74, 6) is 0.444. The topological polar surface area (TPSA) is 62.1 Å². The second kappa shape index (κ2) is 6.39. The minimum absolute atomic E-state index is 0.00893. The molecule has 2 rings (SSSR count). The lowest BCUT2D eigenvalue weighted by Gasteiger charge is -2.07. The van der Waals surface area contributed by atoms with E-state index in [1.165, 1.54) is 0 Å². The molecule has 0 spiro atoms. The van der Waals surface area contributed by atoms with Crippen LogP contribution in [0.2, 0.25) is 0 Å². The van der Waals surface area contributed by atoms with Crippen LogP contribution in [0.4, 0.5) is 5.69 Å². The van der Waals surface area contributed by atoms with Crippen LogP contribution >= 0.6 is 0 Å². The third-order valence-electron chi connectivity index (χ3n) is 2.70. The maximum atomic E-state index is 12.0. The van der Waals surface area contributed by atoms with Crippen LogP contribution in [0, 0.1) is 18.3 Å². The fourth-order valence-corrected chi connectivity index (χ4v) is 1.74. The molecule has 0 saturated carbocycles. The Morgan fingerprint density at radius 2 is 2.00 bits per heavy atom. The Morgan fingerprint density at radius 1 is 1.25 bits per heavy atom. The predicted molar refractivity (Wildman–Crippen MR) is 76.7 cm³/mol. The third kappa shape index (κ3) is 3.59. The Hall–Kier alpha value is -2.80. The quantitative estimate of drug-likeness (QED) is 0.924. The van der Waals surface area contributed by atoms with Crippen molar-refractivity contribution in [2.24, 2.45) is 0 Å². The molecular formula is C16H14N2O2. The summed E-state index contributed by atoms with van der Waals surface area (Å²) in [5.41, 5.74) is 2.34. The minimum Gasteiger partial charge on any atom is -0.479 e. The highest BCUT2D eigenvalue weighted by atomic mass is 16.5. The van der Waals surface area contributed by atoms with E-state index in [1.807, 2.05) is 31.2 Å². The molecule has 0 saturated heterocycles. The summed E-state index contributed by atoms with van der Waals surface area (Å²) in [6, 6.07) is 16.2. The van der Waals surface area contributed by atoms with E-state index >= 15 is 0 Å². The number of hydrogen-bond acceptors (Lipinski definition) is 3. The van der Waals surface area contributed by atoms with Crippen LogP contribution in [0.1, 0.15) is 15.9 Å². The van der Waals surface area contributed by atoms with Crippen molar-refractivity contribution in [1.82, 2.24) is 0 Å². The molecule has 100 valence electrons. The average Bonchev–Trinajstić information content (AvgIpc) is 2.46. The van der Waals surface area contributed by atoms with Crippen LogP contribution in [0.15, 0.2) is 48.5 Å². The van der Waals surface area contributed by atoms with E-state index in [1.54, 1.807) is 30.3 Å². The van der Waals surface area contributed by atoms with Gasteiger partial charge in [-0.25, -0.2) is 0 Å². The van der Waals surface area contributed by atoms with Crippen molar-refractivity contribution in [2.45, 2.75) is 6.92 Å². The maximum Gasteiger partial charge on any atom is 0.255 e. The normalized spacial score (nSPS) is 9.60. The summed E-state index contributed by atoms with van der Waals surface area (Å²) >= 11 is 0. The second-order valence-corrected chi connectivity index (χ2v) is 4.29. The lowest BCUT2D eigenvalue weighted by molar-refractivity contribution is 0.102. The van der Waals surface area contributed by atoms with Gasteiger partial charge in [-0.3, -0.25) is 4.79 Å². The molecule has 0 aliphatic rings. The molecule has 4 heteroatoms. The number of nitriles is 1. The molecule has 0 aliphatic carbocycles. The van der Waals surface area contributed by atoms with Crippen molar-refractivity contribution in [3.8, 4) is 11.8 Å². The van der Waals surface area contributed by atoms with E-state index in [-0.39, 0.29) is 12.5 Å². The smallest absolute Gasteiger partial charge is 0.255 e. The van der Waals surface area contributed by atoms with Crippen molar-refractivity contribution in [2.75, 3.05) is 11.9 Å². The van der Waals surface area contributed by atoms with E-state index in [9.17, 15) is 4.79 Å². The maximum absolute atomic E-state index is 12.0.